The standard InChI is InChI=1S/C11H14O2S/c1-8-3-4-11(7-9(8)2)14(12,13)10-5-6-10/h3-4,7,10H,5-6H2,1-2H3. The molecule has 0 bridgehead atoms. The molecule has 1 aromatic carbocycles. The van der Waals surface area contributed by atoms with Crippen LogP contribution < -0.4 is 0 Å². The molecule has 14 heavy (non-hydrogen) atoms. The molecular formula is C11H14O2S. The smallest absolute Gasteiger partial charge is 0.181 e. The summed E-state index contributed by atoms with van der Waals surface area (Å²) in [6, 6.07) is 5.38. The molecule has 0 aliphatic heterocycles. The molecule has 2 rings (SSSR count). The fourth-order valence-corrected chi connectivity index (χ4v) is 3.20. The summed E-state index contributed by atoms with van der Waals surface area (Å²) in [5.74, 6) is 0. The van der Waals surface area contributed by atoms with Gasteiger partial charge in [0.2, 0.25) is 0 Å². The lowest BCUT2D eigenvalue weighted by atomic mass is 10.1. The van der Waals surface area contributed by atoms with E-state index in [0.717, 1.165) is 24.0 Å². The first-order valence-electron chi connectivity index (χ1n) is 4.83. The van der Waals surface area contributed by atoms with E-state index >= 15 is 0 Å². The van der Waals surface area contributed by atoms with E-state index in [4.69, 9.17) is 0 Å². The fraction of sp³-hybridized carbons (Fsp3) is 0.455. The maximum Gasteiger partial charge on any atom is 0.181 e. The van der Waals surface area contributed by atoms with Crippen LogP contribution in [0.3, 0.4) is 0 Å². The van der Waals surface area contributed by atoms with Crippen molar-refractivity contribution < 1.29 is 8.42 Å². The van der Waals surface area contributed by atoms with E-state index in [-0.39, 0.29) is 5.25 Å². The van der Waals surface area contributed by atoms with E-state index in [1.807, 2.05) is 19.9 Å². The molecule has 1 saturated carbocycles. The Balaban J connectivity index is 2.46. The van der Waals surface area contributed by atoms with Gasteiger partial charge in [-0.1, -0.05) is 6.07 Å². The van der Waals surface area contributed by atoms with Crippen molar-refractivity contribution in [1.29, 1.82) is 0 Å². The van der Waals surface area contributed by atoms with E-state index in [1.165, 1.54) is 0 Å². The summed E-state index contributed by atoms with van der Waals surface area (Å²) in [7, 11) is -3.01. The number of rotatable bonds is 2. The van der Waals surface area contributed by atoms with Gasteiger partial charge in [-0.2, -0.15) is 0 Å². The van der Waals surface area contributed by atoms with Crippen LogP contribution >= 0.6 is 0 Å². The molecule has 1 aromatic rings. The minimum absolute atomic E-state index is 0.107. The molecule has 3 heteroatoms. The van der Waals surface area contributed by atoms with Crippen LogP contribution in [-0.2, 0) is 9.84 Å². The molecule has 76 valence electrons. The molecule has 0 saturated heterocycles. The van der Waals surface area contributed by atoms with Gasteiger partial charge in [-0.05, 0) is 49.9 Å². The molecular weight excluding hydrogens is 196 g/mol. The lowest BCUT2D eigenvalue weighted by molar-refractivity contribution is 0.594. The van der Waals surface area contributed by atoms with Gasteiger partial charge in [0.25, 0.3) is 0 Å². The lowest BCUT2D eigenvalue weighted by Gasteiger charge is -2.05. The van der Waals surface area contributed by atoms with Crippen molar-refractivity contribution in [2.45, 2.75) is 36.8 Å². The second kappa shape index (κ2) is 3.09. The van der Waals surface area contributed by atoms with Crippen LogP contribution in [0.25, 0.3) is 0 Å². The SMILES string of the molecule is Cc1ccc(S(=O)(=O)C2CC2)cc1C. The third-order valence-electron chi connectivity index (χ3n) is 2.77. The Hall–Kier alpha value is -0.830. The highest BCUT2D eigenvalue weighted by molar-refractivity contribution is 7.92. The van der Waals surface area contributed by atoms with Crippen molar-refractivity contribution >= 4 is 9.84 Å². The van der Waals surface area contributed by atoms with E-state index in [0.29, 0.717) is 4.90 Å². The molecule has 0 spiro atoms. The first-order chi connectivity index (χ1) is 6.51. The van der Waals surface area contributed by atoms with Crippen molar-refractivity contribution in [2.75, 3.05) is 0 Å². The molecule has 1 aliphatic carbocycles. The summed E-state index contributed by atoms with van der Waals surface area (Å²) in [6.45, 7) is 3.93. The van der Waals surface area contributed by atoms with Crippen LogP contribution in [0.5, 0.6) is 0 Å². The Kier molecular flexibility index (Phi) is 2.14. The summed E-state index contributed by atoms with van der Waals surface area (Å²) in [5.41, 5.74) is 2.19. The second-order valence-electron chi connectivity index (χ2n) is 3.99. The number of aryl methyl sites for hydroxylation is 2. The molecule has 0 aromatic heterocycles. The van der Waals surface area contributed by atoms with Gasteiger partial charge >= 0.3 is 0 Å². The number of hydrogen-bond acceptors (Lipinski definition) is 2. The van der Waals surface area contributed by atoms with Crippen LogP contribution in [0.4, 0.5) is 0 Å². The molecule has 2 nitrogen and oxygen atoms in total. The molecule has 0 amide bonds. The number of sulfone groups is 1. The minimum Gasteiger partial charge on any atom is -0.223 e. The topological polar surface area (TPSA) is 34.1 Å². The monoisotopic (exact) mass is 210 g/mol. The zero-order valence-electron chi connectivity index (χ0n) is 8.45. The van der Waals surface area contributed by atoms with Gasteiger partial charge in [-0.3, -0.25) is 0 Å². The summed E-state index contributed by atoms with van der Waals surface area (Å²) >= 11 is 0. The van der Waals surface area contributed by atoms with Crippen LogP contribution in [0.2, 0.25) is 0 Å². The van der Waals surface area contributed by atoms with Crippen molar-refractivity contribution in [3.8, 4) is 0 Å². The highest BCUT2D eigenvalue weighted by Gasteiger charge is 2.36. The summed E-state index contributed by atoms with van der Waals surface area (Å²) in [6.07, 6.45) is 1.66. The predicted octanol–water partition coefficient (Wildman–Crippen LogP) is 2.24. The van der Waals surface area contributed by atoms with Gasteiger partial charge in [-0.25, -0.2) is 8.42 Å². The number of hydrogen-bond donors (Lipinski definition) is 0. The molecule has 0 radical (unpaired) electrons. The van der Waals surface area contributed by atoms with E-state index in [1.54, 1.807) is 12.1 Å². The Morgan fingerprint density at radius 3 is 2.29 bits per heavy atom. The Bertz CT molecular complexity index is 456. The number of benzene rings is 1. The highest BCUT2D eigenvalue weighted by atomic mass is 32.2. The van der Waals surface area contributed by atoms with Gasteiger partial charge in [0, 0.05) is 0 Å². The van der Waals surface area contributed by atoms with Crippen LogP contribution in [0.15, 0.2) is 23.1 Å². The highest BCUT2D eigenvalue weighted by Crippen LogP contribution is 2.33. The summed E-state index contributed by atoms with van der Waals surface area (Å²) in [4.78, 5) is 0.489. The quantitative estimate of drug-likeness (QED) is 0.750. The molecule has 1 fully saturated rings. The minimum atomic E-state index is -3.01. The van der Waals surface area contributed by atoms with Crippen molar-refractivity contribution in [1.82, 2.24) is 0 Å². The molecule has 0 N–H and O–H groups in total. The first kappa shape index (κ1) is 9.71. The average molecular weight is 210 g/mol. The van der Waals surface area contributed by atoms with Gasteiger partial charge in [0.05, 0.1) is 10.1 Å². The van der Waals surface area contributed by atoms with E-state index in [2.05, 4.69) is 0 Å². The summed E-state index contributed by atoms with van der Waals surface area (Å²) < 4.78 is 23.7. The van der Waals surface area contributed by atoms with E-state index in [9.17, 15) is 8.42 Å². The van der Waals surface area contributed by atoms with E-state index < -0.39 is 9.84 Å². The van der Waals surface area contributed by atoms with Crippen molar-refractivity contribution in [3.63, 3.8) is 0 Å². The van der Waals surface area contributed by atoms with Crippen molar-refractivity contribution in [3.05, 3.63) is 29.3 Å². The zero-order valence-corrected chi connectivity index (χ0v) is 9.26. The van der Waals surface area contributed by atoms with Gasteiger partial charge in [-0.15, -0.1) is 0 Å². The van der Waals surface area contributed by atoms with Gasteiger partial charge in [0.1, 0.15) is 0 Å². The van der Waals surface area contributed by atoms with Crippen molar-refractivity contribution in [2.24, 2.45) is 0 Å². The van der Waals surface area contributed by atoms with Crippen LogP contribution in [0, 0.1) is 13.8 Å². The zero-order chi connectivity index (χ0) is 10.3. The lowest BCUT2D eigenvalue weighted by Crippen LogP contribution is -2.07. The molecule has 0 unspecified atom stereocenters. The average Bonchev–Trinajstić information content (AvgIpc) is 2.92. The second-order valence-corrected chi connectivity index (χ2v) is 6.22. The van der Waals surface area contributed by atoms with Gasteiger partial charge in [0.15, 0.2) is 9.84 Å². The molecule has 1 aliphatic rings. The summed E-state index contributed by atoms with van der Waals surface area (Å²) in [5, 5.41) is -0.107. The fourth-order valence-electron chi connectivity index (χ4n) is 1.46. The maximum absolute atomic E-state index is 11.9. The third kappa shape index (κ3) is 1.57. The predicted molar refractivity (Wildman–Crippen MR) is 56.1 cm³/mol. The Morgan fingerprint density at radius 2 is 1.79 bits per heavy atom. The normalized spacial score (nSPS) is 17.0. The molecule has 0 heterocycles. The van der Waals surface area contributed by atoms with Gasteiger partial charge < -0.3 is 0 Å². The molecule has 0 atom stereocenters. The van der Waals surface area contributed by atoms with Crippen LogP contribution in [-0.4, -0.2) is 13.7 Å². The Labute approximate surface area is 84.9 Å². The van der Waals surface area contributed by atoms with Crippen LogP contribution in [0.1, 0.15) is 24.0 Å². The first-order valence-corrected chi connectivity index (χ1v) is 6.37. The maximum atomic E-state index is 11.9. The third-order valence-corrected chi connectivity index (χ3v) is 5.03. The largest absolute Gasteiger partial charge is 0.223 e. The Morgan fingerprint density at radius 1 is 1.14 bits per heavy atom.